The Balaban J connectivity index is 2.33. The van der Waals surface area contributed by atoms with E-state index in [1.807, 2.05) is 6.92 Å². The SMILES string of the molecule is CCCC(CNC(=O)Cn1cncn1)C(=O)O. The van der Waals surface area contributed by atoms with E-state index < -0.39 is 11.9 Å². The minimum Gasteiger partial charge on any atom is -0.481 e. The molecule has 0 aliphatic heterocycles. The predicted octanol–water partition coefficient (Wildman–Crippen LogP) is -0.105. The van der Waals surface area contributed by atoms with Gasteiger partial charge in [0.25, 0.3) is 0 Å². The Bertz CT molecular complexity index is 364. The number of carbonyl (C=O) groups excluding carboxylic acids is 1. The van der Waals surface area contributed by atoms with Crippen molar-refractivity contribution < 1.29 is 14.7 Å². The zero-order chi connectivity index (χ0) is 12.7. The zero-order valence-electron chi connectivity index (χ0n) is 9.67. The van der Waals surface area contributed by atoms with Crippen LogP contribution in [0.1, 0.15) is 19.8 Å². The number of aliphatic carboxylic acids is 1. The highest BCUT2D eigenvalue weighted by molar-refractivity contribution is 5.77. The molecule has 0 spiro atoms. The van der Waals surface area contributed by atoms with Crippen LogP contribution in [-0.4, -0.2) is 38.3 Å². The molecule has 1 rings (SSSR count). The molecule has 2 N–H and O–H groups in total. The van der Waals surface area contributed by atoms with Gasteiger partial charge < -0.3 is 10.4 Å². The van der Waals surface area contributed by atoms with Gasteiger partial charge >= 0.3 is 5.97 Å². The first kappa shape index (κ1) is 13.1. The van der Waals surface area contributed by atoms with E-state index in [2.05, 4.69) is 15.4 Å². The molecule has 0 aliphatic carbocycles. The van der Waals surface area contributed by atoms with E-state index in [-0.39, 0.29) is 19.0 Å². The highest BCUT2D eigenvalue weighted by atomic mass is 16.4. The molecule has 0 fully saturated rings. The van der Waals surface area contributed by atoms with Crippen molar-refractivity contribution in [2.45, 2.75) is 26.3 Å². The lowest BCUT2D eigenvalue weighted by molar-refractivity contribution is -0.141. The van der Waals surface area contributed by atoms with Crippen LogP contribution >= 0.6 is 0 Å². The minimum absolute atomic E-state index is 0.0540. The third-order valence-electron chi connectivity index (χ3n) is 2.30. The number of carboxylic acids is 1. The molecule has 0 saturated heterocycles. The summed E-state index contributed by atoms with van der Waals surface area (Å²) in [5, 5.41) is 15.3. The zero-order valence-corrected chi connectivity index (χ0v) is 9.67. The fourth-order valence-electron chi connectivity index (χ4n) is 1.42. The largest absolute Gasteiger partial charge is 0.481 e. The van der Waals surface area contributed by atoms with E-state index in [1.165, 1.54) is 17.3 Å². The minimum atomic E-state index is -0.882. The van der Waals surface area contributed by atoms with E-state index in [4.69, 9.17) is 5.11 Å². The summed E-state index contributed by atoms with van der Waals surface area (Å²) < 4.78 is 1.38. The standard InChI is InChI=1S/C10H16N4O3/c1-2-3-8(10(16)17)4-12-9(15)5-14-7-11-6-13-14/h6-8H,2-5H2,1H3,(H,12,15)(H,16,17). The van der Waals surface area contributed by atoms with Gasteiger partial charge in [0.05, 0.1) is 5.92 Å². The maximum atomic E-state index is 11.4. The Labute approximate surface area is 98.8 Å². The van der Waals surface area contributed by atoms with Gasteiger partial charge in [-0.1, -0.05) is 13.3 Å². The lowest BCUT2D eigenvalue weighted by Gasteiger charge is -2.12. The topological polar surface area (TPSA) is 97.1 Å². The predicted molar refractivity (Wildman–Crippen MR) is 59.1 cm³/mol. The number of nitrogens with one attached hydrogen (secondary N) is 1. The molecule has 0 aromatic carbocycles. The summed E-state index contributed by atoms with van der Waals surface area (Å²) in [7, 11) is 0. The van der Waals surface area contributed by atoms with Crippen molar-refractivity contribution in [2.75, 3.05) is 6.54 Å². The highest BCUT2D eigenvalue weighted by Crippen LogP contribution is 2.04. The first-order valence-electron chi connectivity index (χ1n) is 5.45. The van der Waals surface area contributed by atoms with Crippen LogP contribution < -0.4 is 5.32 Å². The molecular weight excluding hydrogens is 224 g/mol. The fraction of sp³-hybridized carbons (Fsp3) is 0.600. The van der Waals surface area contributed by atoms with Crippen molar-refractivity contribution in [3.8, 4) is 0 Å². The van der Waals surface area contributed by atoms with Gasteiger partial charge in [0.1, 0.15) is 19.2 Å². The van der Waals surface area contributed by atoms with Crippen LogP contribution in [0.2, 0.25) is 0 Å². The Morgan fingerprint density at radius 2 is 2.29 bits per heavy atom. The lowest BCUT2D eigenvalue weighted by Crippen LogP contribution is -2.35. The summed E-state index contributed by atoms with van der Waals surface area (Å²) in [6.45, 7) is 2.11. The van der Waals surface area contributed by atoms with E-state index in [1.54, 1.807) is 0 Å². The molecule has 0 bridgehead atoms. The molecule has 1 heterocycles. The number of nitrogens with zero attached hydrogens (tertiary/aromatic N) is 3. The molecular formula is C10H16N4O3. The molecule has 7 heteroatoms. The molecule has 1 aromatic rings. The van der Waals surface area contributed by atoms with Crippen LogP contribution in [0, 0.1) is 5.92 Å². The Morgan fingerprint density at radius 1 is 1.53 bits per heavy atom. The first-order valence-corrected chi connectivity index (χ1v) is 5.45. The van der Waals surface area contributed by atoms with Crippen LogP contribution in [0.3, 0.4) is 0 Å². The molecule has 0 saturated carbocycles. The van der Waals surface area contributed by atoms with E-state index in [0.717, 1.165) is 6.42 Å². The highest BCUT2D eigenvalue weighted by Gasteiger charge is 2.17. The van der Waals surface area contributed by atoms with Crippen molar-refractivity contribution in [3.63, 3.8) is 0 Å². The first-order chi connectivity index (χ1) is 8.13. The number of aromatic nitrogens is 3. The average molecular weight is 240 g/mol. The maximum Gasteiger partial charge on any atom is 0.308 e. The van der Waals surface area contributed by atoms with Gasteiger partial charge in [-0.3, -0.25) is 9.59 Å². The molecule has 1 aromatic heterocycles. The van der Waals surface area contributed by atoms with Crippen molar-refractivity contribution in [1.29, 1.82) is 0 Å². The molecule has 0 aliphatic rings. The Kier molecular flexibility index (Phi) is 5.12. The maximum absolute atomic E-state index is 11.4. The number of carbonyl (C=O) groups is 2. The van der Waals surface area contributed by atoms with Gasteiger partial charge in [-0.2, -0.15) is 5.10 Å². The van der Waals surface area contributed by atoms with E-state index >= 15 is 0 Å². The number of carboxylic acid groups (broad SMARTS) is 1. The summed E-state index contributed by atoms with van der Waals surface area (Å²) in [5.41, 5.74) is 0. The summed E-state index contributed by atoms with van der Waals surface area (Å²) in [5.74, 6) is -1.68. The average Bonchev–Trinajstić information content (AvgIpc) is 2.76. The number of hydrogen-bond donors (Lipinski definition) is 2. The van der Waals surface area contributed by atoms with Crippen LogP contribution in [0.5, 0.6) is 0 Å². The van der Waals surface area contributed by atoms with Gasteiger partial charge in [0.2, 0.25) is 5.91 Å². The molecule has 0 radical (unpaired) electrons. The van der Waals surface area contributed by atoms with Crippen LogP contribution in [0.15, 0.2) is 12.7 Å². The van der Waals surface area contributed by atoms with Crippen molar-refractivity contribution in [1.82, 2.24) is 20.1 Å². The molecule has 1 atom stereocenters. The normalized spacial score (nSPS) is 12.1. The second kappa shape index (κ2) is 6.62. The molecule has 94 valence electrons. The smallest absolute Gasteiger partial charge is 0.308 e. The lowest BCUT2D eigenvalue weighted by atomic mass is 10.0. The van der Waals surface area contributed by atoms with Crippen molar-refractivity contribution in [3.05, 3.63) is 12.7 Å². The van der Waals surface area contributed by atoms with Gasteiger partial charge in [0.15, 0.2) is 0 Å². The van der Waals surface area contributed by atoms with Crippen LogP contribution in [-0.2, 0) is 16.1 Å². The number of amides is 1. The van der Waals surface area contributed by atoms with Crippen molar-refractivity contribution >= 4 is 11.9 Å². The Morgan fingerprint density at radius 3 is 2.82 bits per heavy atom. The second-order valence-corrected chi connectivity index (χ2v) is 3.72. The second-order valence-electron chi connectivity index (χ2n) is 3.72. The van der Waals surface area contributed by atoms with E-state index in [9.17, 15) is 9.59 Å². The Hall–Kier alpha value is -1.92. The number of hydrogen-bond acceptors (Lipinski definition) is 4. The summed E-state index contributed by atoms with van der Waals surface area (Å²) >= 11 is 0. The number of rotatable bonds is 7. The van der Waals surface area contributed by atoms with E-state index in [0.29, 0.717) is 6.42 Å². The quantitative estimate of drug-likeness (QED) is 0.693. The third kappa shape index (κ3) is 4.62. The van der Waals surface area contributed by atoms with Crippen LogP contribution in [0.4, 0.5) is 0 Å². The van der Waals surface area contributed by atoms with Gasteiger partial charge in [-0.15, -0.1) is 0 Å². The summed E-state index contributed by atoms with van der Waals surface area (Å²) in [4.78, 5) is 26.0. The van der Waals surface area contributed by atoms with Gasteiger partial charge in [-0.05, 0) is 6.42 Å². The van der Waals surface area contributed by atoms with Crippen LogP contribution in [0.25, 0.3) is 0 Å². The van der Waals surface area contributed by atoms with Gasteiger partial charge in [0, 0.05) is 6.54 Å². The molecule has 1 unspecified atom stereocenters. The molecule has 17 heavy (non-hydrogen) atoms. The summed E-state index contributed by atoms with van der Waals surface area (Å²) in [6.07, 6.45) is 4.10. The molecule has 7 nitrogen and oxygen atoms in total. The molecule has 1 amide bonds. The monoisotopic (exact) mass is 240 g/mol. The van der Waals surface area contributed by atoms with Gasteiger partial charge in [-0.25, -0.2) is 9.67 Å². The van der Waals surface area contributed by atoms with Crippen molar-refractivity contribution in [2.24, 2.45) is 5.92 Å². The third-order valence-corrected chi connectivity index (χ3v) is 2.30. The fourth-order valence-corrected chi connectivity index (χ4v) is 1.42. The summed E-state index contributed by atoms with van der Waals surface area (Å²) in [6, 6.07) is 0.